The van der Waals surface area contributed by atoms with Crippen molar-refractivity contribution in [2.75, 3.05) is 25.9 Å². The molecule has 1 amide bonds. The van der Waals surface area contributed by atoms with Crippen molar-refractivity contribution < 1.29 is 19.4 Å². The number of likely N-dealkylation sites (tertiary alicyclic amines) is 1. The van der Waals surface area contributed by atoms with Gasteiger partial charge in [0.05, 0.1) is 6.61 Å². The van der Waals surface area contributed by atoms with E-state index in [1.54, 1.807) is 56.7 Å². The van der Waals surface area contributed by atoms with Crippen LogP contribution in [0.15, 0.2) is 42.7 Å². The van der Waals surface area contributed by atoms with Gasteiger partial charge in [0.25, 0.3) is 5.91 Å². The molecule has 3 aromatic rings. The minimum absolute atomic E-state index is 0.0444. The van der Waals surface area contributed by atoms with E-state index in [4.69, 9.17) is 10.5 Å². The van der Waals surface area contributed by atoms with Crippen molar-refractivity contribution in [3.63, 3.8) is 0 Å². The third-order valence-corrected chi connectivity index (χ3v) is 5.16. The van der Waals surface area contributed by atoms with Gasteiger partial charge in [0.1, 0.15) is 5.69 Å². The van der Waals surface area contributed by atoms with Gasteiger partial charge in [-0.25, -0.2) is 19.4 Å². The molecule has 0 unspecified atom stereocenters. The largest absolute Gasteiger partial charge is 0.461 e. The van der Waals surface area contributed by atoms with Gasteiger partial charge in [0, 0.05) is 43.5 Å². The molecule has 1 aliphatic rings. The van der Waals surface area contributed by atoms with Crippen molar-refractivity contribution in [1.82, 2.24) is 24.6 Å². The van der Waals surface area contributed by atoms with Crippen molar-refractivity contribution in [2.24, 2.45) is 0 Å². The first-order valence-electron chi connectivity index (χ1n) is 10.3. The van der Waals surface area contributed by atoms with E-state index in [2.05, 4.69) is 26.9 Å². The zero-order valence-electron chi connectivity index (χ0n) is 18.1. The number of amides is 1. The first kappa shape index (κ1) is 22.0. The summed E-state index contributed by atoms with van der Waals surface area (Å²) in [5, 5.41) is 14.7. The maximum absolute atomic E-state index is 12.5. The number of likely N-dealkylation sites (N-methyl/N-ethyl adjacent to an activating group) is 1. The molecule has 1 aromatic carbocycles. The fraction of sp³-hybridized carbons (Fsp3) is 0.261. The third-order valence-electron chi connectivity index (χ3n) is 5.16. The minimum atomic E-state index is -1.70. The van der Waals surface area contributed by atoms with Crippen LogP contribution >= 0.6 is 0 Å². The Labute approximate surface area is 190 Å². The number of nitrogens with zero attached hydrogens (tertiary/aromatic N) is 5. The summed E-state index contributed by atoms with van der Waals surface area (Å²) in [5.74, 6) is 4.91. The van der Waals surface area contributed by atoms with Crippen LogP contribution in [0.5, 0.6) is 0 Å². The number of hydrogen-bond donors (Lipinski definition) is 2. The lowest BCUT2D eigenvalue weighted by Crippen LogP contribution is -2.37. The number of aliphatic hydroxyl groups is 1. The van der Waals surface area contributed by atoms with E-state index < -0.39 is 17.5 Å². The molecule has 0 radical (unpaired) electrons. The van der Waals surface area contributed by atoms with Crippen LogP contribution in [-0.4, -0.2) is 67.4 Å². The van der Waals surface area contributed by atoms with Gasteiger partial charge in [-0.1, -0.05) is 24.0 Å². The Morgan fingerprint density at radius 2 is 2.15 bits per heavy atom. The van der Waals surface area contributed by atoms with Gasteiger partial charge in [-0.15, -0.1) is 0 Å². The van der Waals surface area contributed by atoms with Gasteiger partial charge in [0.2, 0.25) is 5.60 Å². The Morgan fingerprint density at radius 1 is 1.33 bits per heavy atom. The summed E-state index contributed by atoms with van der Waals surface area (Å²) in [4.78, 5) is 34.9. The second kappa shape index (κ2) is 8.72. The number of benzene rings is 1. The highest BCUT2D eigenvalue weighted by Crippen LogP contribution is 2.25. The zero-order chi connectivity index (χ0) is 23.6. The molecule has 1 aliphatic heterocycles. The average Bonchev–Trinajstić information content (AvgIpc) is 3.44. The van der Waals surface area contributed by atoms with Crippen LogP contribution in [0.3, 0.4) is 0 Å². The fourth-order valence-corrected chi connectivity index (χ4v) is 3.39. The summed E-state index contributed by atoms with van der Waals surface area (Å²) < 4.78 is 6.53. The number of ether oxygens (including phenoxy) is 1. The van der Waals surface area contributed by atoms with Crippen LogP contribution in [0, 0.1) is 11.8 Å². The number of anilines is 1. The van der Waals surface area contributed by atoms with Crippen LogP contribution in [0.4, 0.5) is 5.69 Å². The van der Waals surface area contributed by atoms with Crippen LogP contribution in [-0.2, 0) is 9.53 Å². The fourth-order valence-electron chi connectivity index (χ4n) is 3.39. The number of nitrogen functional groups attached to an aromatic ring is 1. The van der Waals surface area contributed by atoms with Crippen molar-refractivity contribution in [1.29, 1.82) is 0 Å². The number of hydrogen-bond acceptors (Lipinski definition) is 8. The number of aromatic nitrogens is 4. The smallest absolute Gasteiger partial charge is 0.359 e. The Hall–Kier alpha value is -4.23. The topological polar surface area (TPSA) is 136 Å². The lowest BCUT2D eigenvalue weighted by atomic mass is 10.0. The normalized spacial score (nSPS) is 17.5. The number of nitrogens with two attached hydrogens (primary N) is 1. The molecule has 1 fully saturated rings. The van der Waals surface area contributed by atoms with Crippen molar-refractivity contribution in [2.45, 2.75) is 18.9 Å². The van der Waals surface area contributed by atoms with E-state index in [-0.39, 0.29) is 36.1 Å². The molecule has 10 heteroatoms. The molecule has 4 rings (SSSR count). The summed E-state index contributed by atoms with van der Waals surface area (Å²) in [6.07, 6.45) is 3.45. The molecule has 0 bridgehead atoms. The summed E-state index contributed by atoms with van der Waals surface area (Å²) in [6, 6.07) is 8.63. The molecule has 1 atom stereocenters. The number of carbonyl (C=O) groups excluding carboxylic acids is 2. The molecule has 33 heavy (non-hydrogen) atoms. The van der Waals surface area contributed by atoms with E-state index in [1.807, 2.05) is 0 Å². The molecule has 10 nitrogen and oxygen atoms in total. The third kappa shape index (κ3) is 4.26. The van der Waals surface area contributed by atoms with Crippen LogP contribution in [0.2, 0.25) is 0 Å². The van der Waals surface area contributed by atoms with Gasteiger partial charge < -0.3 is 20.5 Å². The molecule has 0 spiro atoms. The number of rotatable bonds is 4. The van der Waals surface area contributed by atoms with Crippen LogP contribution in [0.25, 0.3) is 17.2 Å². The molecular weight excluding hydrogens is 424 g/mol. The van der Waals surface area contributed by atoms with Gasteiger partial charge in [-0.3, -0.25) is 4.79 Å². The van der Waals surface area contributed by atoms with E-state index in [1.165, 1.54) is 9.58 Å². The number of carbonyl (C=O) groups is 2. The van der Waals surface area contributed by atoms with E-state index in [0.717, 1.165) is 0 Å². The summed E-state index contributed by atoms with van der Waals surface area (Å²) in [5.41, 5.74) is 5.54. The molecule has 0 aliphatic carbocycles. The molecule has 168 valence electrons. The Bertz CT molecular complexity index is 1280. The van der Waals surface area contributed by atoms with Crippen molar-refractivity contribution in [3.05, 3.63) is 54.0 Å². The number of esters is 1. The maximum atomic E-state index is 12.5. The predicted octanol–water partition coefficient (Wildman–Crippen LogP) is 1.03. The molecule has 0 saturated carbocycles. The monoisotopic (exact) mass is 446 g/mol. The Kier molecular flexibility index (Phi) is 5.81. The summed E-state index contributed by atoms with van der Waals surface area (Å²) in [7, 11) is 1.62. The molecular formula is C23H22N6O4. The van der Waals surface area contributed by atoms with Gasteiger partial charge >= 0.3 is 5.97 Å². The van der Waals surface area contributed by atoms with E-state index >= 15 is 0 Å². The second-order valence-electron chi connectivity index (χ2n) is 7.47. The Balaban J connectivity index is 1.76. The van der Waals surface area contributed by atoms with E-state index in [0.29, 0.717) is 17.7 Å². The minimum Gasteiger partial charge on any atom is -0.461 e. The van der Waals surface area contributed by atoms with Gasteiger partial charge in [-0.2, -0.15) is 5.10 Å². The van der Waals surface area contributed by atoms with Crippen LogP contribution in [0.1, 0.15) is 29.4 Å². The molecule has 3 N–H and O–H groups in total. The maximum Gasteiger partial charge on any atom is 0.359 e. The van der Waals surface area contributed by atoms with Gasteiger partial charge in [0.15, 0.2) is 17.3 Å². The zero-order valence-corrected chi connectivity index (χ0v) is 18.1. The highest BCUT2D eigenvalue weighted by Gasteiger charge is 2.42. The Morgan fingerprint density at radius 3 is 2.82 bits per heavy atom. The predicted molar refractivity (Wildman–Crippen MR) is 119 cm³/mol. The van der Waals surface area contributed by atoms with Gasteiger partial charge in [-0.05, 0) is 25.1 Å². The second-order valence-corrected chi connectivity index (χ2v) is 7.47. The quantitative estimate of drug-likeness (QED) is 0.448. The van der Waals surface area contributed by atoms with Crippen molar-refractivity contribution >= 4 is 17.6 Å². The molecule has 3 heterocycles. The summed E-state index contributed by atoms with van der Waals surface area (Å²) in [6.45, 7) is 2.29. The van der Waals surface area contributed by atoms with Crippen molar-refractivity contribution in [3.8, 4) is 29.0 Å². The molecule has 2 aromatic heterocycles. The molecule has 1 saturated heterocycles. The average molecular weight is 446 g/mol. The lowest BCUT2D eigenvalue weighted by Gasteiger charge is -2.13. The lowest BCUT2D eigenvalue weighted by molar-refractivity contribution is -0.137. The highest BCUT2D eigenvalue weighted by atomic mass is 16.5. The SMILES string of the molecule is CCOC(=O)c1nc(-c2cccc(C#C[C@]3(O)CCN(C)C3=O)c2)nc(-n2cccn2)c1N. The summed E-state index contributed by atoms with van der Waals surface area (Å²) >= 11 is 0. The van der Waals surface area contributed by atoms with Crippen LogP contribution < -0.4 is 5.73 Å². The van der Waals surface area contributed by atoms with E-state index in [9.17, 15) is 14.7 Å². The first-order valence-corrected chi connectivity index (χ1v) is 10.3. The standard InChI is InChI=1S/C23H22N6O4/c1-3-33-21(30)18-17(24)20(29-12-5-11-25-29)27-19(26-18)16-7-4-6-15(14-16)8-9-23(32)10-13-28(2)22(23)31/h4-7,11-12,14,32H,3,10,13,24H2,1-2H3/t23-/m0/s1. The first-order chi connectivity index (χ1) is 15.8. The highest BCUT2D eigenvalue weighted by molar-refractivity contribution is 5.95.